The Morgan fingerprint density at radius 2 is 1.80 bits per heavy atom. The van der Waals surface area contributed by atoms with Gasteiger partial charge in [0.05, 0.1) is 12.6 Å². The maximum absolute atomic E-state index is 13.1. The number of halogens is 1. The monoisotopic (exact) mass is 337 g/mol. The van der Waals surface area contributed by atoms with Gasteiger partial charge in [-0.25, -0.2) is 9.82 Å². The molecule has 25 heavy (non-hydrogen) atoms. The Balaban J connectivity index is 1.47. The van der Waals surface area contributed by atoms with E-state index in [2.05, 4.69) is 29.7 Å². The van der Waals surface area contributed by atoms with E-state index in [1.165, 1.54) is 17.7 Å². The number of rotatable bonds is 3. The van der Waals surface area contributed by atoms with Gasteiger partial charge in [0, 0.05) is 12.4 Å². The second kappa shape index (κ2) is 6.33. The zero-order valence-corrected chi connectivity index (χ0v) is 14.0. The van der Waals surface area contributed by atoms with E-state index in [1.54, 1.807) is 17.0 Å². The van der Waals surface area contributed by atoms with Gasteiger partial charge in [0.1, 0.15) is 11.9 Å². The minimum absolute atomic E-state index is 0.0125. The predicted molar refractivity (Wildman–Crippen MR) is 93.4 cm³/mol. The molecule has 4 rings (SSSR count). The highest BCUT2D eigenvalue weighted by molar-refractivity contribution is 5.84. The van der Waals surface area contributed by atoms with Crippen molar-refractivity contribution in [3.05, 3.63) is 83.4 Å². The molecule has 2 aliphatic rings. The Morgan fingerprint density at radius 3 is 2.52 bits per heavy atom. The highest BCUT2D eigenvalue weighted by Crippen LogP contribution is 2.31. The topological polar surface area (TPSA) is 35.6 Å². The fourth-order valence-corrected chi connectivity index (χ4v) is 3.37. The lowest BCUT2D eigenvalue weighted by Crippen LogP contribution is -2.47. The lowest BCUT2D eigenvalue weighted by atomic mass is 10.0. The van der Waals surface area contributed by atoms with E-state index in [4.69, 9.17) is 0 Å². The number of nitrogens with zero attached hydrogens (tertiary/aromatic N) is 2. The summed E-state index contributed by atoms with van der Waals surface area (Å²) in [4.78, 5) is 14.6. The maximum atomic E-state index is 13.1. The third-order valence-electron chi connectivity index (χ3n) is 4.82. The minimum Gasteiger partial charge on any atom is -0.311 e. The number of carbonyl (C=O) groups excluding carboxylic acids is 1. The van der Waals surface area contributed by atoms with Crippen LogP contribution in [-0.4, -0.2) is 21.9 Å². The number of fused-ring (bicyclic) bond motifs is 1. The van der Waals surface area contributed by atoms with E-state index in [9.17, 15) is 9.18 Å². The number of hydrogen-bond acceptors (Lipinski definition) is 3. The first-order chi connectivity index (χ1) is 12.1. The number of carbonyl (C=O) groups is 1. The first kappa shape index (κ1) is 15.8. The molecule has 2 aromatic carbocycles. The van der Waals surface area contributed by atoms with Crippen molar-refractivity contribution in [2.24, 2.45) is 0 Å². The van der Waals surface area contributed by atoms with Gasteiger partial charge in [-0.3, -0.25) is 4.79 Å². The molecule has 0 saturated carbocycles. The molecule has 1 fully saturated rings. The first-order valence-corrected chi connectivity index (χ1v) is 8.44. The van der Waals surface area contributed by atoms with Crippen molar-refractivity contribution in [3.8, 4) is 0 Å². The Labute approximate surface area is 146 Å². The van der Waals surface area contributed by atoms with E-state index in [0.29, 0.717) is 13.0 Å². The van der Waals surface area contributed by atoms with Crippen molar-refractivity contribution < 1.29 is 9.18 Å². The molecule has 5 heteroatoms. The van der Waals surface area contributed by atoms with Crippen molar-refractivity contribution >= 4 is 5.91 Å². The molecule has 0 aliphatic carbocycles. The zero-order chi connectivity index (χ0) is 17.4. The second-order valence-electron chi connectivity index (χ2n) is 6.64. The molecule has 2 aromatic rings. The smallest absolute Gasteiger partial charge is 0.251 e. The van der Waals surface area contributed by atoms with Crippen LogP contribution < -0.4 is 5.43 Å². The highest BCUT2D eigenvalue weighted by atomic mass is 19.1. The van der Waals surface area contributed by atoms with Crippen LogP contribution in [0, 0.1) is 12.7 Å². The molecule has 4 nitrogen and oxygen atoms in total. The molecule has 128 valence electrons. The maximum Gasteiger partial charge on any atom is 0.251 e. The Bertz CT molecular complexity index is 801. The molecular weight excluding hydrogens is 317 g/mol. The van der Waals surface area contributed by atoms with Crippen LogP contribution in [0.4, 0.5) is 4.39 Å². The van der Waals surface area contributed by atoms with Gasteiger partial charge in [-0.05, 0) is 36.6 Å². The van der Waals surface area contributed by atoms with Crippen LogP contribution in [0.15, 0.2) is 60.9 Å². The van der Waals surface area contributed by atoms with Gasteiger partial charge in [-0.1, -0.05) is 42.0 Å². The molecule has 1 amide bonds. The van der Waals surface area contributed by atoms with Gasteiger partial charge in [-0.2, -0.15) is 0 Å². The SMILES string of the molecule is Cc1ccc(CN2C=CN3NC(c4ccc(F)cc4)CC3C2=O)cc1. The van der Waals surface area contributed by atoms with Crippen LogP contribution >= 0.6 is 0 Å². The van der Waals surface area contributed by atoms with Crippen LogP contribution in [0.3, 0.4) is 0 Å². The summed E-state index contributed by atoms with van der Waals surface area (Å²) in [5.74, 6) is -0.167. The third-order valence-corrected chi connectivity index (χ3v) is 4.82. The quantitative estimate of drug-likeness (QED) is 0.934. The van der Waals surface area contributed by atoms with Crippen LogP contribution in [0.5, 0.6) is 0 Å². The third kappa shape index (κ3) is 3.15. The molecule has 2 aliphatic heterocycles. The van der Waals surface area contributed by atoms with Crippen molar-refractivity contribution in [2.45, 2.75) is 32.0 Å². The second-order valence-corrected chi connectivity index (χ2v) is 6.64. The number of amides is 1. The molecular formula is C20H20FN3O. The summed E-state index contributed by atoms with van der Waals surface area (Å²) in [7, 11) is 0. The van der Waals surface area contributed by atoms with Crippen LogP contribution in [-0.2, 0) is 11.3 Å². The molecule has 1 saturated heterocycles. The summed E-state index contributed by atoms with van der Waals surface area (Å²) in [6, 6.07) is 14.4. The summed E-state index contributed by atoms with van der Waals surface area (Å²) in [6.07, 6.45) is 4.39. The lowest BCUT2D eigenvalue weighted by molar-refractivity contribution is -0.134. The summed E-state index contributed by atoms with van der Waals surface area (Å²) < 4.78 is 13.1. The van der Waals surface area contributed by atoms with E-state index in [-0.39, 0.29) is 23.8 Å². The standard InChI is InChI=1S/C20H20FN3O/c1-14-2-4-15(5-3-14)13-23-10-11-24-19(20(23)25)12-18(22-24)16-6-8-17(21)9-7-16/h2-11,18-19,22H,12-13H2,1H3. The molecule has 0 aromatic heterocycles. The van der Waals surface area contributed by atoms with Gasteiger partial charge in [-0.15, -0.1) is 0 Å². The summed E-state index contributed by atoms with van der Waals surface area (Å²) in [6.45, 7) is 2.62. The van der Waals surface area contributed by atoms with Crippen molar-refractivity contribution in [1.29, 1.82) is 0 Å². The Hall–Kier alpha value is -2.66. The van der Waals surface area contributed by atoms with Gasteiger partial charge < -0.3 is 9.91 Å². The van der Waals surface area contributed by atoms with Crippen molar-refractivity contribution in [1.82, 2.24) is 15.3 Å². The van der Waals surface area contributed by atoms with Crippen LogP contribution in [0.25, 0.3) is 0 Å². The number of hydrogen-bond donors (Lipinski definition) is 1. The van der Waals surface area contributed by atoms with E-state index >= 15 is 0 Å². The van der Waals surface area contributed by atoms with E-state index in [1.807, 2.05) is 24.3 Å². The van der Waals surface area contributed by atoms with Gasteiger partial charge in [0.15, 0.2) is 0 Å². The predicted octanol–water partition coefficient (Wildman–Crippen LogP) is 3.27. The normalized spacial score (nSPS) is 22.4. The zero-order valence-electron chi connectivity index (χ0n) is 14.0. The van der Waals surface area contributed by atoms with Crippen LogP contribution in [0.1, 0.15) is 29.2 Å². The fourth-order valence-electron chi connectivity index (χ4n) is 3.37. The molecule has 0 spiro atoms. The van der Waals surface area contributed by atoms with Gasteiger partial charge in [0.25, 0.3) is 5.91 Å². The summed E-state index contributed by atoms with van der Waals surface area (Å²) in [5, 5.41) is 1.86. The first-order valence-electron chi connectivity index (χ1n) is 8.44. The molecule has 0 radical (unpaired) electrons. The Morgan fingerprint density at radius 1 is 1.08 bits per heavy atom. The average molecular weight is 337 g/mol. The van der Waals surface area contributed by atoms with E-state index in [0.717, 1.165) is 11.1 Å². The van der Waals surface area contributed by atoms with Crippen molar-refractivity contribution in [3.63, 3.8) is 0 Å². The number of benzene rings is 2. The fraction of sp³-hybridized carbons (Fsp3) is 0.250. The molecule has 2 atom stereocenters. The number of aryl methyl sites for hydroxylation is 1. The molecule has 2 heterocycles. The van der Waals surface area contributed by atoms with Crippen molar-refractivity contribution in [2.75, 3.05) is 0 Å². The minimum atomic E-state index is -0.250. The van der Waals surface area contributed by atoms with Gasteiger partial charge in [0.2, 0.25) is 0 Å². The van der Waals surface area contributed by atoms with Gasteiger partial charge >= 0.3 is 0 Å². The molecule has 1 N–H and O–H groups in total. The largest absolute Gasteiger partial charge is 0.311 e. The average Bonchev–Trinajstić information content (AvgIpc) is 3.05. The summed E-state index contributed by atoms with van der Waals surface area (Å²) in [5.41, 5.74) is 6.63. The van der Waals surface area contributed by atoms with Crippen LogP contribution in [0.2, 0.25) is 0 Å². The number of nitrogens with one attached hydrogen (secondary N) is 1. The lowest BCUT2D eigenvalue weighted by Gasteiger charge is -2.31. The highest BCUT2D eigenvalue weighted by Gasteiger charge is 2.39. The molecule has 2 unspecified atom stereocenters. The number of hydrazine groups is 1. The summed E-state index contributed by atoms with van der Waals surface area (Å²) >= 11 is 0. The molecule has 0 bridgehead atoms. The Kier molecular flexibility index (Phi) is 4.01. The van der Waals surface area contributed by atoms with E-state index < -0.39 is 0 Å².